The molecule has 0 spiro atoms. The first-order valence-electron chi connectivity index (χ1n) is 7.62. The fourth-order valence-electron chi connectivity index (χ4n) is 1.97. The Bertz CT molecular complexity index is 807. The van der Waals surface area contributed by atoms with Crippen LogP contribution in [0.5, 0.6) is 0 Å². The number of carboxylic acids is 1. The van der Waals surface area contributed by atoms with Crippen LogP contribution >= 0.6 is 0 Å². The Labute approximate surface area is 145 Å². The van der Waals surface area contributed by atoms with Gasteiger partial charge in [-0.25, -0.2) is 9.59 Å². The number of amides is 1. The second kappa shape index (κ2) is 8.99. The van der Waals surface area contributed by atoms with Crippen molar-refractivity contribution in [1.82, 2.24) is 5.32 Å². The first-order valence-corrected chi connectivity index (χ1v) is 7.62. The average Bonchev–Trinajstić information content (AvgIpc) is 2.61. The maximum absolute atomic E-state index is 11.5. The van der Waals surface area contributed by atoms with Crippen LogP contribution in [-0.2, 0) is 11.3 Å². The van der Waals surface area contributed by atoms with E-state index in [-0.39, 0.29) is 12.2 Å². The lowest BCUT2D eigenvalue weighted by atomic mass is 10.1. The van der Waals surface area contributed by atoms with Crippen molar-refractivity contribution in [2.24, 2.45) is 0 Å². The Morgan fingerprint density at radius 2 is 1.92 bits per heavy atom. The molecule has 0 aliphatic rings. The second-order valence-electron chi connectivity index (χ2n) is 5.15. The highest BCUT2D eigenvalue weighted by Crippen LogP contribution is 2.13. The number of aromatic carboxylic acids is 1. The van der Waals surface area contributed by atoms with Gasteiger partial charge >= 0.3 is 12.1 Å². The number of anilines is 1. The number of ether oxygens (including phenoxy) is 1. The molecule has 0 saturated heterocycles. The summed E-state index contributed by atoms with van der Waals surface area (Å²) < 4.78 is 5.07. The molecule has 0 radical (unpaired) electrons. The van der Waals surface area contributed by atoms with E-state index in [0.717, 1.165) is 5.56 Å². The fourth-order valence-corrected chi connectivity index (χ4v) is 1.97. The van der Waals surface area contributed by atoms with E-state index in [1.54, 1.807) is 6.07 Å². The van der Waals surface area contributed by atoms with Gasteiger partial charge in [0, 0.05) is 24.2 Å². The van der Waals surface area contributed by atoms with Crippen LogP contribution in [0.25, 0.3) is 0 Å². The van der Waals surface area contributed by atoms with Crippen LogP contribution in [0, 0.1) is 11.8 Å². The van der Waals surface area contributed by atoms with Crippen LogP contribution in [0.4, 0.5) is 10.5 Å². The summed E-state index contributed by atoms with van der Waals surface area (Å²) in [6.45, 7) is 0.554. The number of rotatable bonds is 5. The molecule has 6 nitrogen and oxygen atoms in total. The van der Waals surface area contributed by atoms with E-state index in [2.05, 4.69) is 17.2 Å². The molecule has 2 rings (SSSR count). The van der Waals surface area contributed by atoms with Crippen molar-refractivity contribution < 1.29 is 19.4 Å². The van der Waals surface area contributed by atoms with E-state index < -0.39 is 12.1 Å². The first-order chi connectivity index (χ1) is 12.1. The molecule has 0 saturated carbocycles. The number of carboxylic acid groups (broad SMARTS) is 1. The van der Waals surface area contributed by atoms with Gasteiger partial charge in [-0.3, -0.25) is 0 Å². The van der Waals surface area contributed by atoms with Crippen molar-refractivity contribution >= 4 is 17.7 Å². The molecule has 0 aliphatic heterocycles. The molecule has 25 heavy (non-hydrogen) atoms. The minimum Gasteiger partial charge on any atom is -0.478 e. The summed E-state index contributed by atoms with van der Waals surface area (Å²) >= 11 is 0. The van der Waals surface area contributed by atoms with Gasteiger partial charge < -0.3 is 20.9 Å². The number of alkyl carbamates (subject to hydrolysis) is 1. The molecule has 0 aliphatic carbocycles. The number of hydrogen-bond donors (Lipinski definition) is 3. The molecule has 0 heterocycles. The zero-order valence-electron chi connectivity index (χ0n) is 13.5. The van der Waals surface area contributed by atoms with Crippen LogP contribution in [0.15, 0.2) is 48.5 Å². The summed E-state index contributed by atoms with van der Waals surface area (Å²) in [5.74, 6) is 4.69. The Kier molecular flexibility index (Phi) is 6.43. The van der Waals surface area contributed by atoms with Crippen LogP contribution in [0.3, 0.4) is 0 Å². The number of carbonyl (C=O) groups excluding carboxylic acids is 1. The largest absolute Gasteiger partial charge is 0.478 e. The molecule has 0 atom stereocenters. The highest BCUT2D eigenvalue weighted by Gasteiger charge is 2.04. The third-order valence-corrected chi connectivity index (χ3v) is 3.25. The van der Waals surface area contributed by atoms with Gasteiger partial charge in [0.1, 0.15) is 6.61 Å². The van der Waals surface area contributed by atoms with Gasteiger partial charge in [-0.05, 0) is 23.8 Å². The molecule has 0 fully saturated rings. The number of nitrogens with two attached hydrogens (primary N) is 1. The van der Waals surface area contributed by atoms with E-state index in [4.69, 9.17) is 15.6 Å². The molecular weight excluding hydrogens is 320 g/mol. The topological polar surface area (TPSA) is 102 Å². The fraction of sp³-hybridized carbons (Fsp3) is 0.158. The van der Waals surface area contributed by atoms with Gasteiger partial charge in [-0.1, -0.05) is 42.2 Å². The summed E-state index contributed by atoms with van der Waals surface area (Å²) in [5, 5.41) is 11.5. The number of nitrogens with one attached hydrogen (secondary N) is 1. The molecule has 6 heteroatoms. The van der Waals surface area contributed by atoms with Crippen molar-refractivity contribution in [3.63, 3.8) is 0 Å². The Hall–Kier alpha value is -3.46. The maximum atomic E-state index is 11.5. The van der Waals surface area contributed by atoms with Crippen LogP contribution < -0.4 is 11.1 Å². The maximum Gasteiger partial charge on any atom is 0.407 e. The summed E-state index contributed by atoms with van der Waals surface area (Å²) in [4.78, 5) is 22.4. The molecular formula is C19H18N2O4. The minimum atomic E-state index is -1.04. The summed E-state index contributed by atoms with van der Waals surface area (Å²) in [7, 11) is 0. The van der Waals surface area contributed by atoms with Crippen molar-refractivity contribution in [2.75, 3.05) is 12.3 Å². The summed E-state index contributed by atoms with van der Waals surface area (Å²) in [6, 6.07) is 13.8. The third-order valence-electron chi connectivity index (χ3n) is 3.25. The highest BCUT2D eigenvalue weighted by atomic mass is 16.5. The quantitative estimate of drug-likeness (QED) is 0.442. The zero-order valence-corrected chi connectivity index (χ0v) is 13.5. The van der Waals surface area contributed by atoms with Crippen LogP contribution in [0.1, 0.15) is 27.9 Å². The predicted molar refractivity (Wildman–Crippen MR) is 93.9 cm³/mol. The number of nitrogen functional groups attached to an aromatic ring is 1. The van der Waals surface area contributed by atoms with Crippen LogP contribution in [-0.4, -0.2) is 23.7 Å². The van der Waals surface area contributed by atoms with Gasteiger partial charge in [0.25, 0.3) is 0 Å². The van der Waals surface area contributed by atoms with Crippen molar-refractivity contribution in [1.29, 1.82) is 0 Å². The van der Waals surface area contributed by atoms with Gasteiger partial charge in [0.05, 0.1) is 5.56 Å². The SMILES string of the molecule is Nc1cc(C(=O)O)ccc1C#CCCNC(=O)OCc1ccccc1. The molecule has 4 N–H and O–H groups in total. The number of hydrogen-bond acceptors (Lipinski definition) is 4. The Balaban J connectivity index is 1.73. The van der Waals surface area contributed by atoms with E-state index in [1.165, 1.54) is 12.1 Å². The lowest BCUT2D eigenvalue weighted by Crippen LogP contribution is -2.24. The summed E-state index contributed by atoms with van der Waals surface area (Å²) in [6.07, 6.45) is -0.0865. The lowest BCUT2D eigenvalue weighted by Gasteiger charge is -2.05. The first kappa shape index (κ1) is 17.9. The average molecular weight is 338 g/mol. The smallest absolute Gasteiger partial charge is 0.407 e. The van der Waals surface area contributed by atoms with E-state index in [9.17, 15) is 9.59 Å². The molecule has 2 aromatic rings. The number of carbonyl (C=O) groups is 2. The molecule has 0 unspecified atom stereocenters. The molecule has 1 amide bonds. The standard InChI is InChI=1S/C19H18N2O4/c20-17-12-16(18(22)23)10-9-15(17)8-4-5-11-21-19(24)25-13-14-6-2-1-3-7-14/h1-3,6-7,9-10,12H,5,11,13,20H2,(H,21,24)(H,22,23). The van der Waals surface area contributed by atoms with E-state index in [1.807, 2.05) is 30.3 Å². The lowest BCUT2D eigenvalue weighted by molar-refractivity contribution is 0.0697. The van der Waals surface area contributed by atoms with Gasteiger partial charge in [0.15, 0.2) is 0 Å². The predicted octanol–water partition coefficient (Wildman–Crippen LogP) is 2.64. The molecule has 2 aromatic carbocycles. The van der Waals surface area contributed by atoms with Gasteiger partial charge in [-0.2, -0.15) is 0 Å². The van der Waals surface area contributed by atoms with Crippen molar-refractivity contribution in [2.45, 2.75) is 13.0 Å². The Morgan fingerprint density at radius 3 is 2.60 bits per heavy atom. The molecule has 0 aromatic heterocycles. The number of benzene rings is 2. The van der Waals surface area contributed by atoms with Crippen LogP contribution in [0.2, 0.25) is 0 Å². The van der Waals surface area contributed by atoms with Gasteiger partial charge in [0.2, 0.25) is 0 Å². The normalized spacial score (nSPS) is 9.60. The third kappa shape index (κ3) is 5.92. The zero-order chi connectivity index (χ0) is 18.1. The minimum absolute atomic E-state index is 0.117. The summed E-state index contributed by atoms with van der Waals surface area (Å²) in [5.41, 5.74) is 7.65. The monoisotopic (exact) mass is 338 g/mol. The van der Waals surface area contributed by atoms with Crippen molar-refractivity contribution in [3.05, 3.63) is 65.2 Å². The Morgan fingerprint density at radius 1 is 1.16 bits per heavy atom. The molecule has 0 bridgehead atoms. The van der Waals surface area contributed by atoms with Crippen molar-refractivity contribution in [3.8, 4) is 11.8 Å². The van der Waals surface area contributed by atoms with Gasteiger partial charge in [-0.15, -0.1) is 0 Å². The van der Waals surface area contributed by atoms with E-state index >= 15 is 0 Å². The van der Waals surface area contributed by atoms with E-state index in [0.29, 0.717) is 24.2 Å². The highest BCUT2D eigenvalue weighted by molar-refractivity contribution is 5.89. The second-order valence-corrected chi connectivity index (χ2v) is 5.15. The molecule has 128 valence electrons.